The van der Waals surface area contributed by atoms with E-state index in [2.05, 4.69) is 67.4 Å². The second-order valence-corrected chi connectivity index (χ2v) is 22.5. The Kier molecular flexibility index (Phi) is 50.8. The molecule has 0 bridgehead atoms. The molecule has 75 heavy (non-hydrogen) atoms. The summed E-state index contributed by atoms with van der Waals surface area (Å²) in [7, 11) is 0. The highest BCUT2D eigenvalue weighted by atomic mass is 16.6. The molecule has 1 aliphatic heterocycles. The van der Waals surface area contributed by atoms with Crippen LogP contribution < -0.4 is 5.32 Å². The number of nitrogens with zero attached hydrogens (tertiary/aromatic N) is 1. The molecule has 0 aromatic rings. The molecule has 0 radical (unpaired) electrons. The molecule has 0 unspecified atom stereocenters. The van der Waals surface area contributed by atoms with E-state index in [0.717, 1.165) is 142 Å². The van der Waals surface area contributed by atoms with Crippen LogP contribution in [-0.2, 0) is 33.4 Å². The van der Waals surface area contributed by atoms with Gasteiger partial charge in [0, 0.05) is 32.2 Å². The number of allylic oxidation sites excluding steroid dienone is 6. The molecule has 9 nitrogen and oxygen atoms in total. The highest BCUT2D eigenvalue weighted by molar-refractivity contribution is 5.77. The third-order valence-corrected chi connectivity index (χ3v) is 15.0. The second-order valence-electron chi connectivity index (χ2n) is 22.5. The summed E-state index contributed by atoms with van der Waals surface area (Å²) >= 11 is 0. The van der Waals surface area contributed by atoms with Gasteiger partial charge in [0.05, 0.1) is 0 Å². The number of piperidine rings is 1. The van der Waals surface area contributed by atoms with Crippen molar-refractivity contribution in [3.05, 3.63) is 36.5 Å². The molecule has 1 N–H and O–H groups in total. The average molecular weight is 1050 g/mol. The van der Waals surface area contributed by atoms with Crippen LogP contribution >= 0.6 is 0 Å². The van der Waals surface area contributed by atoms with Crippen LogP contribution in [0.4, 0.5) is 0 Å². The summed E-state index contributed by atoms with van der Waals surface area (Å²) in [6.07, 6.45) is 64.3. The minimum Gasteiger partial charge on any atom is -0.463 e. The van der Waals surface area contributed by atoms with Crippen molar-refractivity contribution in [2.24, 2.45) is 0 Å². The molecular formula is C66H120N2O7. The summed E-state index contributed by atoms with van der Waals surface area (Å²) in [5.41, 5.74) is -1.40. The number of carbonyl (C=O) groups is 4. The van der Waals surface area contributed by atoms with Crippen molar-refractivity contribution in [2.75, 3.05) is 39.5 Å². The molecule has 1 aliphatic rings. The van der Waals surface area contributed by atoms with Gasteiger partial charge in [0.2, 0.25) is 5.91 Å². The normalized spacial score (nSPS) is 13.4. The molecule has 1 amide bonds. The van der Waals surface area contributed by atoms with Crippen LogP contribution in [0, 0.1) is 0 Å². The molecular weight excluding hydrogens is 933 g/mol. The molecule has 0 spiro atoms. The molecule has 9 heteroatoms. The third-order valence-electron chi connectivity index (χ3n) is 15.0. The van der Waals surface area contributed by atoms with Crippen LogP contribution in [0.15, 0.2) is 36.5 Å². The van der Waals surface area contributed by atoms with Gasteiger partial charge in [0.15, 0.2) is 0 Å². The Morgan fingerprint density at radius 3 is 0.920 bits per heavy atom. The Morgan fingerprint density at radius 2 is 0.627 bits per heavy atom. The summed E-state index contributed by atoms with van der Waals surface area (Å²) in [4.78, 5) is 55.9. The first-order chi connectivity index (χ1) is 36.8. The lowest BCUT2D eigenvalue weighted by Gasteiger charge is -2.34. The zero-order chi connectivity index (χ0) is 54.2. The van der Waals surface area contributed by atoms with Crippen molar-refractivity contribution >= 4 is 23.8 Å². The van der Waals surface area contributed by atoms with Crippen LogP contribution in [0.5, 0.6) is 0 Å². The summed E-state index contributed by atoms with van der Waals surface area (Å²) in [5, 5.41) is 3.09. The Morgan fingerprint density at radius 1 is 0.360 bits per heavy atom. The van der Waals surface area contributed by atoms with Gasteiger partial charge in [-0.1, -0.05) is 218 Å². The number of amides is 1. The number of esters is 3. The molecule has 436 valence electrons. The first-order valence-corrected chi connectivity index (χ1v) is 32.3. The van der Waals surface area contributed by atoms with Crippen LogP contribution in [0.3, 0.4) is 0 Å². The molecule has 1 rings (SSSR count). The molecule has 0 saturated carbocycles. The fraction of sp³-hybridized carbons (Fsp3) is 0.848. The summed E-state index contributed by atoms with van der Waals surface area (Å²) in [6.45, 7) is 8.60. The summed E-state index contributed by atoms with van der Waals surface area (Å²) < 4.78 is 17.7. The number of hydrogen-bond donors (Lipinski definition) is 1. The zero-order valence-corrected chi connectivity index (χ0v) is 49.5. The number of hydrogen-bond acceptors (Lipinski definition) is 8. The van der Waals surface area contributed by atoms with Gasteiger partial charge >= 0.3 is 17.9 Å². The number of nitrogens with one attached hydrogen (secondary N) is 1. The molecule has 1 heterocycles. The van der Waals surface area contributed by atoms with Crippen LogP contribution in [-0.4, -0.2) is 73.7 Å². The number of rotatable bonds is 55. The van der Waals surface area contributed by atoms with Gasteiger partial charge in [-0.2, -0.15) is 0 Å². The van der Waals surface area contributed by atoms with E-state index in [9.17, 15) is 19.2 Å². The van der Waals surface area contributed by atoms with Gasteiger partial charge in [-0.25, -0.2) is 0 Å². The summed E-state index contributed by atoms with van der Waals surface area (Å²) in [5.74, 6) is -1.33. The van der Waals surface area contributed by atoms with Crippen molar-refractivity contribution in [1.29, 1.82) is 0 Å². The van der Waals surface area contributed by atoms with E-state index in [1.54, 1.807) is 0 Å². The van der Waals surface area contributed by atoms with E-state index in [1.807, 2.05) is 0 Å². The first-order valence-electron chi connectivity index (χ1n) is 32.3. The van der Waals surface area contributed by atoms with E-state index in [0.29, 0.717) is 6.54 Å². The highest BCUT2D eigenvalue weighted by Gasteiger charge is 2.38. The lowest BCUT2D eigenvalue weighted by Crippen LogP contribution is -2.59. The predicted octanol–water partition coefficient (Wildman–Crippen LogP) is 18.5. The standard InChI is InChI=1S/C66H120N2O7/c1-4-7-10-13-16-19-22-25-28-31-34-37-40-43-47-52-63(70)73-59-66(67-62(69)55-58-68-56-50-46-51-57-68,60-74-64(71)53-48-44-41-38-35-32-29-26-23-20-17-14-11-8-5-2)61-75-65(72)54-49-45-42-39-36-33-30-27-24-21-18-15-12-9-6-3/h25-30H,4-24,31-61H2,1-3H3,(H,67,69)/b28-25-,29-26-,30-27-. The number of unbranched alkanes of at least 4 members (excludes halogenated alkanes) is 33. The Labute approximate surface area is 463 Å². The fourth-order valence-corrected chi connectivity index (χ4v) is 9.93. The van der Waals surface area contributed by atoms with Crippen molar-refractivity contribution < 1.29 is 33.4 Å². The minimum absolute atomic E-state index is 0.240. The topological polar surface area (TPSA) is 111 Å². The second kappa shape index (κ2) is 54.4. The van der Waals surface area contributed by atoms with Gasteiger partial charge in [-0.05, 0) is 122 Å². The first kappa shape index (κ1) is 70.1. The van der Waals surface area contributed by atoms with Gasteiger partial charge in [-0.15, -0.1) is 0 Å². The quantitative estimate of drug-likeness (QED) is 0.0278. The smallest absolute Gasteiger partial charge is 0.305 e. The lowest BCUT2D eigenvalue weighted by atomic mass is 10.0. The van der Waals surface area contributed by atoms with Crippen LogP contribution in [0.25, 0.3) is 0 Å². The number of carbonyl (C=O) groups excluding carboxylic acids is 4. The van der Waals surface area contributed by atoms with E-state index in [4.69, 9.17) is 14.2 Å². The molecule has 1 fully saturated rings. The van der Waals surface area contributed by atoms with Crippen molar-refractivity contribution in [3.8, 4) is 0 Å². The monoisotopic (exact) mass is 1050 g/mol. The zero-order valence-electron chi connectivity index (χ0n) is 49.5. The van der Waals surface area contributed by atoms with E-state index in [1.165, 1.54) is 141 Å². The maximum absolute atomic E-state index is 13.8. The Bertz CT molecular complexity index is 1270. The fourth-order valence-electron chi connectivity index (χ4n) is 9.93. The maximum Gasteiger partial charge on any atom is 0.305 e. The van der Waals surface area contributed by atoms with Crippen molar-refractivity contribution in [3.63, 3.8) is 0 Å². The Balaban J connectivity index is 2.76. The van der Waals surface area contributed by atoms with Gasteiger partial charge in [-0.3, -0.25) is 19.2 Å². The minimum atomic E-state index is -1.40. The van der Waals surface area contributed by atoms with Gasteiger partial charge in [0.25, 0.3) is 0 Å². The van der Waals surface area contributed by atoms with E-state index < -0.39 is 5.54 Å². The average Bonchev–Trinajstić information content (AvgIpc) is 3.42. The number of ether oxygens (including phenoxy) is 3. The van der Waals surface area contributed by atoms with Gasteiger partial charge in [0.1, 0.15) is 25.4 Å². The summed E-state index contributed by atoms with van der Waals surface area (Å²) in [6, 6.07) is 0. The van der Waals surface area contributed by atoms with E-state index >= 15 is 0 Å². The Hall–Kier alpha value is -2.94. The predicted molar refractivity (Wildman–Crippen MR) is 317 cm³/mol. The molecule has 0 atom stereocenters. The van der Waals surface area contributed by atoms with Crippen LogP contribution in [0.1, 0.15) is 316 Å². The van der Waals surface area contributed by atoms with Gasteiger partial charge < -0.3 is 24.4 Å². The number of likely N-dealkylation sites (tertiary alicyclic amines) is 1. The molecule has 1 saturated heterocycles. The van der Waals surface area contributed by atoms with E-state index in [-0.39, 0.29) is 69.3 Å². The van der Waals surface area contributed by atoms with Crippen molar-refractivity contribution in [1.82, 2.24) is 10.2 Å². The lowest BCUT2D eigenvalue weighted by molar-refractivity contribution is -0.159. The molecule has 0 aromatic carbocycles. The maximum atomic E-state index is 13.8. The third kappa shape index (κ3) is 48.0. The SMILES string of the molecule is CCCCCCCC/C=C\CCCCCCCC(=O)OCC(COC(=O)CCCCCCC/C=C\CCCCCCCC)(COC(=O)CCCCCCC/C=C\CCCCCCCC)NC(=O)CCN1CCCCC1. The highest BCUT2D eigenvalue weighted by Crippen LogP contribution is 2.18. The molecule has 0 aromatic heterocycles. The van der Waals surface area contributed by atoms with Crippen molar-refractivity contribution in [2.45, 2.75) is 322 Å². The van der Waals surface area contributed by atoms with Crippen LogP contribution in [0.2, 0.25) is 0 Å². The largest absolute Gasteiger partial charge is 0.463 e. The molecule has 0 aliphatic carbocycles.